The first-order valence-electron chi connectivity index (χ1n) is 5.95. The molecule has 0 unspecified atom stereocenters. The molecule has 0 saturated carbocycles. The second-order valence-corrected chi connectivity index (χ2v) is 6.19. The van der Waals surface area contributed by atoms with Gasteiger partial charge in [-0.05, 0) is 30.3 Å². The number of methoxy groups -OCH3 is 1. The summed E-state index contributed by atoms with van der Waals surface area (Å²) in [5, 5.41) is 7.72. The fraction of sp³-hybridized carbons (Fsp3) is 0.0769. The van der Waals surface area contributed by atoms with Crippen LogP contribution in [0.4, 0.5) is 5.69 Å². The van der Waals surface area contributed by atoms with E-state index in [4.69, 9.17) is 21.5 Å². The summed E-state index contributed by atoms with van der Waals surface area (Å²) in [5.41, 5.74) is 0.664. The van der Waals surface area contributed by atoms with Gasteiger partial charge in [-0.25, -0.2) is 18.5 Å². The smallest absolute Gasteiger partial charge is 0.255 e. The van der Waals surface area contributed by atoms with Crippen molar-refractivity contribution in [2.45, 2.75) is 4.90 Å². The lowest BCUT2D eigenvalue weighted by Crippen LogP contribution is -2.14. The van der Waals surface area contributed by atoms with Gasteiger partial charge in [-0.15, -0.1) is 0 Å². The largest absolute Gasteiger partial charge is 0.481 e. The van der Waals surface area contributed by atoms with E-state index in [1.807, 2.05) is 0 Å². The van der Waals surface area contributed by atoms with Gasteiger partial charge in [0.25, 0.3) is 5.91 Å². The highest BCUT2D eigenvalue weighted by Gasteiger charge is 2.11. The van der Waals surface area contributed by atoms with Crippen LogP contribution in [-0.4, -0.2) is 26.4 Å². The number of nitrogens with zero attached hydrogens (tertiary/aromatic N) is 1. The van der Waals surface area contributed by atoms with E-state index < -0.39 is 15.9 Å². The number of anilines is 1. The van der Waals surface area contributed by atoms with Crippen LogP contribution in [0.25, 0.3) is 0 Å². The van der Waals surface area contributed by atoms with Crippen molar-refractivity contribution in [2.75, 3.05) is 12.4 Å². The molecule has 0 fully saturated rings. The molecule has 1 aromatic carbocycles. The zero-order chi connectivity index (χ0) is 16.3. The standard InChI is InChI=1S/C13H12ClN3O4S/c1-21-12-7-8(6-11(14)17-12)13(18)16-9-2-4-10(5-3-9)22(15,19)20/h2-7H,1H3,(H,16,18)(H2,15,19,20). The number of amides is 1. The molecule has 116 valence electrons. The molecule has 0 aliphatic rings. The number of hydrogen-bond donors (Lipinski definition) is 2. The number of hydrogen-bond acceptors (Lipinski definition) is 5. The lowest BCUT2D eigenvalue weighted by Gasteiger charge is -2.07. The Bertz CT molecular complexity index is 807. The van der Waals surface area contributed by atoms with E-state index in [0.717, 1.165) is 0 Å². The molecule has 2 rings (SSSR count). The summed E-state index contributed by atoms with van der Waals surface area (Å²) >= 11 is 5.80. The van der Waals surface area contributed by atoms with E-state index in [9.17, 15) is 13.2 Å². The molecule has 7 nitrogen and oxygen atoms in total. The molecule has 0 bridgehead atoms. The van der Waals surface area contributed by atoms with E-state index in [-0.39, 0.29) is 21.5 Å². The maximum Gasteiger partial charge on any atom is 0.255 e. The summed E-state index contributed by atoms with van der Waals surface area (Å²) < 4.78 is 27.2. The Morgan fingerprint density at radius 1 is 1.27 bits per heavy atom. The summed E-state index contributed by atoms with van der Waals surface area (Å²) in [7, 11) is -2.36. The van der Waals surface area contributed by atoms with Crippen molar-refractivity contribution in [1.82, 2.24) is 4.98 Å². The van der Waals surface area contributed by atoms with Gasteiger partial charge in [-0.3, -0.25) is 4.79 Å². The van der Waals surface area contributed by atoms with Gasteiger partial charge >= 0.3 is 0 Å². The average Bonchev–Trinajstić information content (AvgIpc) is 2.46. The predicted molar refractivity (Wildman–Crippen MR) is 81.6 cm³/mol. The summed E-state index contributed by atoms with van der Waals surface area (Å²) in [4.78, 5) is 15.9. The maximum absolute atomic E-state index is 12.1. The van der Waals surface area contributed by atoms with Crippen LogP contribution in [0.2, 0.25) is 5.15 Å². The molecule has 9 heteroatoms. The predicted octanol–water partition coefficient (Wildman–Crippen LogP) is 1.64. The van der Waals surface area contributed by atoms with Crippen molar-refractivity contribution in [3.05, 3.63) is 47.1 Å². The number of halogens is 1. The number of benzene rings is 1. The van der Waals surface area contributed by atoms with Crippen LogP contribution >= 0.6 is 11.6 Å². The number of ether oxygens (including phenoxy) is 1. The first-order valence-corrected chi connectivity index (χ1v) is 7.88. The zero-order valence-electron chi connectivity index (χ0n) is 11.4. The second kappa shape index (κ2) is 6.30. The highest BCUT2D eigenvalue weighted by Crippen LogP contribution is 2.18. The Kier molecular flexibility index (Phi) is 4.65. The average molecular weight is 342 g/mol. The molecule has 0 spiro atoms. The SMILES string of the molecule is COc1cc(C(=O)Nc2ccc(S(N)(=O)=O)cc2)cc(Cl)n1. The minimum Gasteiger partial charge on any atom is -0.481 e. The normalized spacial score (nSPS) is 11.0. The van der Waals surface area contributed by atoms with Gasteiger partial charge < -0.3 is 10.1 Å². The fourth-order valence-electron chi connectivity index (χ4n) is 1.64. The van der Waals surface area contributed by atoms with Crippen molar-refractivity contribution in [2.24, 2.45) is 5.14 Å². The summed E-state index contributed by atoms with van der Waals surface area (Å²) in [6.45, 7) is 0. The van der Waals surface area contributed by atoms with Crippen LogP contribution in [0, 0.1) is 0 Å². The molecule has 1 amide bonds. The van der Waals surface area contributed by atoms with Gasteiger partial charge in [0, 0.05) is 17.3 Å². The molecular weight excluding hydrogens is 330 g/mol. The van der Waals surface area contributed by atoms with E-state index in [2.05, 4.69) is 10.3 Å². The van der Waals surface area contributed by atoms with E-state index in [0.29, 0.717) is 5.69 Å². The van der Waals surface area contributed by atoms with E-state index in [1.165, 1.54) is 43.5 Å². The molecule has 3 N–H and O–H groups in total. The van der Waals surface area contributed by atoms with Gasteiger partial charge in [0.1, 0.15) is 5.15 Å². The second-order valence-electron chi connectivity index (χ2n) is 4.24. The Hall–Kier alpha value is -2.16. The third-order valence-corrected chi connectivity index (χ3v) is 3.81. The molecule has 0 aliphatic carbocycles. The highest BCUT2D eigenvalue weighted by atomic mass is 35.5. The van der Waals surface area contributed by atoms with E-state index >= 15 is 0 Å². The molecular formula is C13H12ClN3O4S. The Labute approximate surface area is 132 Å². The van der Waals surface area contributed by atoms with Crippen molar-refractivity contribution < 1.29 is 17.9 Å². The molecule has 2 aromatic rings. The number of carbonyl (C=O) groups excluding carboxylic acids is 1. The van der Waals surface area contributed by atoms with Gasteiger partial charge in [-0.1, -0.05) is 11.6 Å². The van der Waals surface area contributed by atoms with Crippen molar-refractivity contribution >= 4 is 33.2 Å². The van der Waals surface area contributed by atoms with Gasteiger partial charge in [0.15, 0.2) is 0 Å². The number of pyridine rings is 1. The van der Waals surface area contributed by atoms with Crippen LogP contribution < -0.4 is 15.2 Å². The van der Waals surface area contributed by atoms with Crippen molar-refractivity contribution in [3.63, 3.8) is 0 Å². The number of sulfonamides is 1. The highest BCUT2D eigenvalue weighted by molar-refractivity contribution is 7.89. The zero-order valence-corrected chi connectivity index (χ0v) is 13.0. The molecule has 1 heterocycles. The lowest BCUT2D eigenvalue weighted by molar-refractivity contribution is 0.102. The quantitative estimate of drug-likeness (QED) is 0.821. The van der Waals surface area contributed by atoms with Crippen LogP contribution in [0.1, 0.15) is 10.4 Å². The third kappa shape index (κ3) is 3.94. The van der Waals surface area contributed by atoms with Crippen LogP contribution in [-0.2, 0) is 10.0 Å². The minimum atomic E-state index is -3.77. The number of nitrogens with one attached hydrogen (secondary N) is 1. The Balaban J connectivity index is 2.20. The van der Waals surface area contributed by atoms with Crippen molar-refractivity contribution in [3.8, 4) is 5.88 Å². The van der Waals surface area contributed by atoms with Crippen molar-refractivity contribution in [1.29, 1.82) is 0 Å². The number of carbonyl (C=O) groups is 1. The molecule has 1 aromatic heterocycles. The van der Waals surface area contributed by atoms with Gasteiger partial charge in [-0.2, -0.15) is 0 Å². The number of primary sulfonamides is 1. The Morgan fingerprint density at radius 3 is 2.45 bits per heavy atom. The van der Waals surface area contributed by atoms with Crippen LogP contribution in [0.5, 0.6) is 5.88 Å². The molecule has 0 atom stereocenters. The molecule has 0 aliphatic heterocycles. The summed E-state index contributed by atoms with van der Waals surface area (Å²) in [5.74, 6) is -0.229. The van der Waals surface area contributed by atoms with E-state index in [1.54, 1.807) is 0 Å². The van der Waals surface area contributed by atoms with Crippen LogP contribution in [0.15, 0.2) is 41.3 Å². The molecule has 0 saturated heterocycles. The monoisotopic (exact) mass is 341 g/mol. The number of aromatic nitrogens is 1. The number of rotatable bonds is 4. The first kappa shape index (κ1) is 16.2. The molecule has 0 radical (unpaired) electrons. The van der Waals surface area contributed by atoms with Gasteiger partial charge in [0.05, 0.1) is 12.0 Å². The number of nitrogens with two attached hydrogens (primary N) is 1. The third-order valence-electron chi connectivity index (χ3n) is 2.68. The Morgan fingerprint density at radius 2 is 1.91 bits per heavy atom. The van der Waals surface area contributed by atoms with Gasteiger partial charge in [0.2, 0.25) is 15.9 Å². The first-order chi connectivity index (χ1) is 10.3. The summed E-state index contributed by atoms with van der Waals surface area (Å²) in [6, 6.07) is 8.27. The lowest BCUT2D eigenvalue weighted by atomic mass is 10.2. The topological polar surface area (TPSA) is 111 Å². The fourth-order valence-corrected chi connectivity index (χ4v) is 2.36. The van der Waals surface area contributed by atoms with Crippen LogP contribution in [0.3, 0.4) is 0 Å². The minimum absolute atomic E-state index is 0.0425. The summed E-state index contributed by atoms with van der Waals surface area (Å²) in [6.07, 6.45) is 0. The maximum atomic E-state index is 12.1. The molecule has 22 heavy (non-hydrogen) atoms.